The van der Waals surface area contributed by atoms with Gasteiger partial charge in [0.15, 0.2) is 0 Å². The number of carbonyl (C=O) groups excluding carboxylic acids is 1. The molecule has 0 saturated heterocycles. The molecule has 2 aromatic rings. The summed E-state index contributed by atoms with van der Waals surface area (Å²) in [5, 5.41) is 8.82. The maximum Gasteiger partial charge on any atom is 0.274 e. The summed E-state index contributed by atoms with van der Waals surface area (Å²) < 4.78 is 1.31. The van der Waals surface area contributed by atoms with Crippen molar-refractivity contribution in [1.82, 2.24) is 15.1 Å². The van der Waals surface area contributed by atoms with E-state index < -0.39 is 0 Å². The largest absolute Gasteiger partial charge is 0.353 e. The Morgan fingerprint density at radius 2 is 1.96 bits per heavy atom. The number of aryl methyl sites for hydroxylation is 1. The molecule has 23 heavy (non-hydrogen) atoms. The molecule has 0 spiro atoms. The lowest BCUT2D eigenvalue weighted by Gasteiger charge is -2.29. The molecule has 0 radical (unpaired) electrons. The Kier molecular flexibility index (Phi) is 4.46. The van der Waals surface area contributed by atoms with Crippen LogP contribution in [0.4, 0.5) is 0 Å². The topological polar surface area (TPSA) is 64.0 Å². The number of benzene rings is 1. The van der Waals surface area contributed by atoms with Crippen LogP contribution in [0.5, 0.6) is 0 Å². The smallest absolute Gasteiger partial charge is 0.274 e. The van der Waals surface area contributed by atoms with Crippen molar-refractivity contribution in [2.75, 3.05) is 0 Å². The molecule has 2 atom stereocenters. The third-order valence-electron chi connectivity index (χ3n) is 4.82. The highest BCUT2D eigenvalue weighted by molar-refractivity contribution is 5.88. The Balaban J connectivity index is 1.82. The summed E-state index contributed by atoms with van der Waals surface area (Å²) in [5.41, 5.74) is 0.523. The van der Waals surface area contributed by atoms with Crippen LogP contribution in [-0.4, -0.2) is 21.7 Å². The molecule has 1 aromatic carbocycles. The minimum Gasteiger partial charge on any atom is -0.353 e. The SMILES string of the molecule is C[C@H]1CCCC[C@@H]1NC(=O)Cc1nn(C)c(=O)c2ccccc12. The first kappa shape index (κ1) is 15.7. The Bertz CT molecular complexity index is 781. The van der Waals surface area contributed by atoms with Gasteiger partial charge in [-0.15, -0.1) is 0 Å². The molecular formula is C18H23N3O2. The number of rotatable bonds is 3. The summed E-state index contributed by atoms with van der Waals surface area (Å²) in [6.45, 7) is 2.20. The Morgan fingerprint density at radius 1 is 1.26 bits per heavy atom. The second kappa shape index (κ2) is 6.52. The quantitative estimate of drug-likeness (QED) is 0.944. The van der Waals surface area contributed by atoms with Gasteiger partial charge in [0.1, 0.15) is 0 Å². The van der Waals surface area contributed by atoms with Gasteiger partial charge in [0, 0.05) is 18.5 Å². The lowest BCUT2D eigenvalue weighted by molar-refractivity contribution is -0.121. The number of amides is 1. The lowest BCUT2D eigenvalue weighted by atomic mass is 9.86. The monoisotopic (exact) mass is 313 g/mol. The van der Waals surface area contributed by atoms with Gasteiger partial charge in [-0.1, -0.05) is 38.0 Å². The molecular weight excluding hydrogens is 290 g/mol. The van der Waals surface area contributed by atoms with Crippen molar-refractivity contribution in [1.29, 1.82) is 0 Å². The normalized spacial score (nSPS) is 21.3. The molecule has 1 fully saturated rings. The highest BCUT2D eigenvalue weighted by Crippen LogP contribution is 2.24. The highest BCUT2D eigenvalue weighted by atomic mass is 16.2. The molecule has 1 aromatic heterocycles. The predicted molar refractivity (Wildman–Crippen MR) is 90.3 cm³/mol. The van der Waals surface area contributed by atoms with Crippen LogP contribution < -0.4 is 10.9 Å². The van der Waals surface area contributed by atoms with E-state index in [1.165, 1.54) is 23.9 Å². The molecule has 5 nitrogen and oxygen atoms in total. The van der Waals surface area contributed by atoms with Crippen LogP contribution in [-0.2, 0) is 18.3 Å². The van der Waals surface area contributed by atoms with E-state index in [9.17, 15) is 9.59 Å². The summed E-state index contributed by atoms with van der Waals surface area (Å²) in [6.07, 6.45) is 4.86. The third-order valence-corrected chi connectivity index (χ3v) is 4.82. The molecule has 5 heteroatoms. The summed E-state index contributed by atoms with van der Waals surface area (Å²) in [7, 11) is 1.62. The molecule has 122 valence electrons. The van der Waals surface area contributed by atoms with E-state index in [4.69, 9.17) is 0 Å². The fraction of sp³-hybridized carbons (Fsp3) is 0.500. The first-order valence-corrected chi connectivity index (χ1v) is 8.30. The minimum absolute atomic E-state index is 0.0138. The van der Waals surface area contributed by atoms with Crippen LogP contribution in [0.25, 0.3) is 10.8 Å². The molecule has 1 saturated carbocycles. The van der Waals surface area contributed by atoms with Gasteiger partial charge in [0.25, 0.3) is 5.56 Å². The summed E-state index contributed by atoms with van der Waals surface area (Å²) in [6, 6.07) is 7.60. The molecule has 1 aliphatic carbocycles. The fourth-order valence-electron chi connectivity index (χ4n) is 3.45. The van der Waals surface area contributed by atoms with Crippen molar-refractivity contribution in [2.24, 2.45) is 13.0 Å². The molecule has 3 rings (SSSR count). The third kappa shape index (κ3) is 3.28. The first-order chi connectivity index (χ1) is 11.1. The maximum atomic E-state index is 12.4. The standard InChI is InChI=1S/C18H23N3O2/c1-12-7-3-6-10-15(12)19-17(22)11-16-13-8-4-5-9-14(13)18(23)21(2)20-16/h4-5,8-9,12,15H,3,6-7,10-11H2,1-2H3,(H,19,22)/t12-,15-/m0/s1. The zero-order chi connectivity index (χ0) is 16.4. The Hall–Kier alpha value is -2.17. The molecule has 1 aliphatic rings. The molecule has 1 heterocycles. The van der Waals surface area contributed by atoms with Crippen molar-refractivity contribution in [3.63, 3.8) is 0 Å². The molecule has 0 unspecified atom stereocenters. The minimum atomic E-state index is -0.134. The van der Waals surface area contributed by atoms with Crippen LogP contribution in [0.15, 0.2) is 29.1 Å². The van der Waals surface area contributed by atoms with Gasteiger partial charge in [-0.05, 0) is 24.8 Å². The lowest BCUT2D eigenvalue weighted by Crippen LogP contribution is -2.42. The fourth-order valence-corrected chi connectivity index (χ4v) is 3.45. The number of hydrogen-bond acceptors (Lipinski definition) is 3. The highest BCUT2D eigenvalue weighted by Gasteiger charge is 2.23. The van der Waals surface area contributed by atoms with E-state index in [1.54, 1.807) is 13.1 Å². The van der Waals surface area contributed by atoms with E-state index in [0.717, 1.165) is 11.8 Å². The summed E-state index contributed by atoms with van der Waals surface area (Å²) in [5.74, 6) is 0.512. The van der Waals surface area contributed by atoms with Gasteiger partial charge in [-0.25, -0.2) is 4.68 Å². The average molecular weight is 313 g/mol. The number of nitrogens with one attached hydrogen (secondary N) is 1. The number of aromatic nitrogens is 2. The molecule has 0 aliphatic heterocycles. The van der Waals surface area contributed by atoms with Gasteiger partial charge in [0.2, 0.25) is 5.91 Å². The zero-order valence-electron chi connectivity index (χ0n) is 13.7. The van der Waals surface area contributed by atoms with Gasteiger partial charge >= 0.3 is 0 Å². The molecule has 1 amide bonds. The van der Waals surface area contributed by atoms with E-state index in [0.29, 0.717) is 17.0 Å². The van der Waals surface area contributed by atoms with Crippen molar-refractivity contribution in [2.45, 2.75) is 45.1 Å². The van der Waals surface area contributed by atoms with Gasteiger partial charge in [-0.3, -0.25) is 9.59 Å². The van der Waals surface area contributed by atoms with Gasteiger partial charge < -0.3 is 5.32 Å². The number of carbonyl (C=O) groups is 1. The van der Waals surface area contributed by atoms with E-state index in [1.807, 2.05) is 18.2 Å². The first-order valence-electron chi connectivity index (χ1n) is 8.30. The Morgan fingerprint density at radius 3 is 2.70 bits per heavy atom. The van der Waals surface area contributed by atoms with E-state index >= 15 is 0 Å². The van der Waals surface area contributed by atoms with Gasteiger partial charge in [0.05, 0.1) is 17.5 Å². The van der Waals surface area contributed by atoms with Crippen LogP contribution in [0.3, 0.4) is 0 Å². The van der Waals surface area contributed by atoms with Crippen LogP contribution in [0.1, 0.15) is 38.3 Å². The van der Waals surface area contributed by atoms with Crippen LogP contribution in [0.2, 0.25) is 0 Å². The van der Waals surface area contributed by atoms with Gasteiger partial charge in [-0.2, -0.15) is 5.10 Å². The Labute approximate surface area is 135 Å². The van der Waals surface area contributed by atoms with Crippen molar-refractivity contribution in [3.05, 3.63) is 40.3 Å². The molecule has 1 N–H and O–H groups in total. The second-order valence-electron chi connectivity index (χ2n) is 6.53. The van der Waals surface area contributed by atoms with E-state index in [-0.39, 0.29) is 23.9 Å². The van der Waals surface area contributed by atoms with Crippen LogP contribution in [0, 0.1) is 5.92 Å². The number of nitrogens with zero attached hydrogens (tertiary/aromatic N) is 2. The zero-order valence-corrected chi connectivity index (χ0v) is 13.7. The number of fused-ring (bicyclic) bond motifs is 1. The van der Waals surface area contributed by atoms with Crippen molar-refractivity contribution >= 4 is 16.7 Å². The second-order valence-corrected chi connectivity index (χ2v) is 6.53. The van der Waals surface area contributed by atoms with Crippen molar-refractivity contribution < 1.29 is 4.79 Å². The summed E-state index contributed by atoms with van der Waals surface area (Å²) in [4.78, 5) is 24.6. The van der Waals surface area contributed by atoms with Crippen LogP contribution >= 0.6 is 0 Å². The van der Waals surface area contributed by atoms with E-state index in [2.05, 4.69) is 17.3 Å². The number of hydrogen-bond donors (Lipinski definition) is 1. The maximum absolute atomic E-state index is 12.4. The summed E-state index contributed by atoms with van der Waals surface area (Å²) >= 11 is 0. The average Bonchev–Trinajstić information content (AvgIpc) is 2.54. The molecule has 0 bridgehead atoms. The van der Waals surface area contributed by atoms with Crippen molar-refractivity contribution in [3.8, 4) is 0 Å². The predicted octanol–water partition coefficient (Wildman–Crippen LogP) is 2.17.